The fourth-order valence-corrected chi connectivity index (χ4v) is 5.30. The molecule has 34 heavy (non-hydrogen) atoms. The van der Waals surface area contributed by atoms with Gasteiger partial charge in [0.15, 0.2) is 0 Å². The highest BCUT2D eigenvalue weighted by Gasteiger charge is 2.58. The second kappa shape index (κ2) is 7.70. The minimum Gasteiger partial charge on any atom is -0.493 e. The van der Waals surface area contributed by atoms with Gasteiger partial charge in [0.1, 0.15) is 23.5 Å². The number of aromatic nitrogens is 1. The zero-order valence-electron chi connectivity index (χ0n) is 18.6. The summed E-state index contributed by atoms with van der Waals surface area (Å²) in [6.07, 6.45) is 7.22. The van der Waals surface area contributed by atoms with Crippen molar-refractivity contribution in [3.8, 4) is 11.5 Å². The van der Waals surface area contributed by atoms with Gasteiger partial charge in [0.25, 0.3) is 0 Å². The minimum absolute atomic E-state index is 0.0259. The molecule has 0 saturated heterocycles. The van der Waals surface area contributed by atoms with Gasteiger partial charge in [-0.3, -0.25) is 9.78 Å². The fourth-order valence-electron chi connectivity index (χ4n) is 5.30. The van der Waals surface area contributed by atoms with E-state index < -0.39 is 5.41 Å². The summed E-state index contributed by atoms with van der Waals surface area (Å²) in [7, 11) is 0. The van der Waals surface area contributed by atoms with Crippen LogP contribution in [0.15, 0.2) is 73.5 Å². The van der Waals surface area contributed by atoms with Gasteiger partial charge in [0.2, 0.25) is 5.91 Å². The average Bonchev–Trinajstić information content (AvgIpc) is 3.54. The molecule has 0 saturated carbocycles. The summed E-state index contributed by atoms with van der Waals surface area (Å²) in [5.74, 6) is 1.50. The van der Waals surface area contributed by atoms with Gasteiger partial charge in [-0.05, 0) is 47.0 Å². The largest absolute Gasteiger partial charge is 0.493 e. The standard InChI is InChI=1S/C28H23N3O3/c1-18(6-5-11-29)21-8-4-9-23-26(21)28(27(32)31(23)16-20-7-2-3-12-30-20)17-34-25-15-24-19(10-13-33-24)14-22(25)28/h2-9,11-12,14-15,29H,1,10,13,16-17H2/b6-5-,29-11?. The van der Waals surface area contributed by atoms with Gasteiger partial charge in [-0.15, -0.1) is 0 Å². The molecule has 2 aromatic carbocycles. The Kier molecular flexibility index (Phi) is 4.62. The molecule has 1 unspecified atom stereocenters. The first-order valence-electron chi connectivity index (χ1n) is 11.3. The number of hydrogen-bond donors (Lipinski definition) is 1. The topological polar surface area (TPSA) is 75.5 Å². The van der Waals surface area contributed by atoms with Crippen LogP contribution in [-0.2, 0) is 23.2 Å². The van der Waals surface area contributed by atoms with E-state index in [-0.39, 0.29) is 12.5 Å². The summed E-state index contributed by atoms with van der Waals surface area (Å²) < 4.78 is 11.9. The number of hydrogen-bond acceptors (Lipinski definition) is 5. The molecule has 6 rings (SSSR count). The maximum atomic E-state index is 14.3. The molecule has 168 valence electrons. The third-order valence-electron chi connectivity index (χ3n) is 6.85. The number of carbonyl (C=O) groups excluding carboxylic acids is 1. The van der Waals surface area contributed by atoms with Gasteiger partial charge in [-0.2, -0.15) is 0 Å². The third kappa shape index (κ3) is 2.85. The molecule has 1 aromatic heterocycles. The molecule has 0 fully saturated rings. The first-order valence-corrected chi connectivity index (χ1v) is 11.3. The van der Waals surface area contributed by atoms with Crippen LogP contribution in [0.4, 0.5) is 5.69 Å². The molecule has 1 N–H and O–H groups in total. The van der Waals surface area contributed by atoms with Gasteiger partial charge < -0.3 is 19.8 Å². The van der Waals surface area contributed by atoms with Gasteiger partial charge >= 0.3 is 0 Å². The lowest BCUT2D eigenvalue weighted by Crippen LogP contribution is -2.42. The number of carbonyl (C=O) groups is 1. The van der Waals surface area contributed by atoms with E-state index in [0.717, 1.165) is 51.4 Å². The van der Waals surface area contributed by atoms with Crippen molar-refractivity contribution in [2.24, 2.45) is 0 Å². The van der Waals surface area contributed by atoms with Crippen LogP contribution in [0.2, 0.25) is 0 Å². The summed E-state index contributed by atoms with van der Waals surface area (Å²) in [5.41, 5.74) is 5.16. The summed E-state index contributed by atoms with van der Waals surface area (Å²) in [6, 6.07) is 15.7. The number of rotatable bonds is 5. The average molecular weight is 450 g/mol. The highest BCUT2D eigenvalue weighted by molar-refractivity contribution is 6.13. The molecule has 6 nitrogen and oxygen atoms in total. The molecule has 3 aliphatic rings. The Bertz CT molecular complexity index is 1380. The Labute approximate surface area is 197 Å². The number of allylic oxidation sites excluding steroid dienone is 3. The summed E-state index contributed by atoms with van der Waals surface area (Å²) in [6.45, 7) is 5.47. The van der Waals surface area contributed by atoms with Crippen LogP contribution in [0.5, 0.6) is 11.5 Å². The molecule has 3 aromatic rings. The van der Waals surface area contributed by atoms with Crippen LogP contribution >= 0.6 is 0 Å². The van der Waals surface area contributed by atoms with E-state index in [4.69, 9.17) is 14.9 Å². The number of nitrogens with one attached hydrogen (secondary N) is 1. The molecule has 0 aliphatic carbocycles. The van der Waals surface area contributed by atoms with Crippen molar-refractivity contribution in [2.45, 2.75) is 18.4 Å². The van der Waals surface area contributed by atoms with Crippen molar-refractivity contribution in [3.63, 3.8) is 0 Å². The molecule has 4 heterocycles. The van der Waals surface area contributed by atoms with Gasteiger partial charge in [0, 0.05) is 41.7 Å². The lowest BCUT2D eigenvalue weighted by molar-refractivity contribution is -0.122. The molecule has 6 heteroatoms. The Morgan fingerprint density at radius 3 is 2.91 bits per heavy atom. The van der Waals surface area contributed by atoms with Crippen molar-refractivity contribution < 1.29 is 14.3 Å². The molecular formula is C28H23N3O3. The van der Waals surface area contributed by atoms with Crippen molar-refractivity contribution in [2.75, 3.05) is 18.1 Å². The van der Waals surface area contributed by atoms with Crippen LogP contribution < -0.4 is 14.4 Å². The Morgan fingerprint density at radius 2 is 2.09 bits per heavy atom. The van der Waals surface area contributed by atoms with Crippen molar-refractivity contribution in [3.05, 3.63) is 101 Å². The van der Waals surface area contributed by atoms with E-state index in [2.05, 4.69) is 17.6 Å². The minimum atomic E-state index is -0.977. The van der Waals surface area contributed by atoms with Crippen LogP contribution in [0.25, 0.3) is 5.57 Å². The summed E-state index contributed by atoms with van der Waals surface area (Å²) >= 11 is 0. The highest BCUT2D eigenvalue weighted by atomic mass is 16.5. The van der Waals surface area contributed by atoms with Crippen molar-refractivity contribution >= 4 is 23.4 Å². The maximum absolute atomic E-state index is 14.3. The number of pyridine rings is 1. The number of nitrogens with zero attached hydrogens (tertiary/aromatic N) is 2. The predicted octanol–water partition coefficient (Wildman–Crippen LogP) is 4.46. The number of benzene rings is 2. The molecule has 1 spiro atoms. The molecule has 3 aliphatic heterocycles. The van der Waals surface area contributed by atoms with E-state index in [1.807, 2.05) is 47.4 Å². The second-order valence-electron chi connectivity index (χ2n) is 8.71. The van der Waals surface area contributed by atoms with Crippen LogP contribution in [-0.4, -0.2) is 30.3 Å². The normalized spacial score (nSPS) is 19.6. The van der Waals surface area contributed by atoms with Crippen LogP contribution in [0.1, 0.15) is 27.9 Å². The van der Waals surface area contributed by atoms with Gasteiger partial charge in [-0.25, -0.2) is 0 Å². The molecule has 0 radical (unpaired) electrons. The second-order valence-corrected chi connectivity index (χ2v) is 8.71. The molecule has 0 bridgehead atoms. The lowest BCUT2D eigenvalue weighted by Gasteiger charge is -2.24. The zero-order valence-corrected chi connectivity index (χ0v) is 18.6. The smallest absolute Gasteiger partial charge is 0.246 e. The Morgan fingerprint density at radius 1 is 1.18 bits per heavy atom. The van der Waals surface area contributed by atoms with Crippen LogP contribution in [0, 0.1) is 5.41 Å². The predicted molar refractivity (Wildman–Crippen MR) is 131 cm³/mol. The fraction of sp³-hybridized carbons (Fsp3) is 0.179. The number of anilines is 1. The monoisotopic (exact) mass is 449 g/mol. The van der Waals surface area contributed by atoms with Crippen molar-refractivity contribution in [1.82, 2.24) is 4.98 Å². The quantitative estimate of drug-likeness (QED) is 0.461. The molecule has 1 amide bonds. The summed E-state index contributed by atoms with van der Waals surface area (Å²) in [5, 5.41) is 7.37. The number of amides is 1. The SMILES string of the molecule is C=C(/C=C\C=N)c1cccc2c1C1(COc3cc4c(cc31)CCO4)C(=O)N2Cc1ccccn1. The maximum Gasteiger partial charge on any atom is 0.246 e. The number of fused-ring (bicyclic) bond motifs is 5. The van der Waals surface area contributed by atoms with Gasteiger partial charge in [0.05, 0.1) is 18.8 Å². The zero-order chi connectivity index (χ0) is 23.3. The third-order valence-corrected chi connectivity index (χ3v) is 6.85. The van der Waals surface area contributed by atoms with E-state index in [1.54, 1.807) is 18.3 Å². The van der Waals surface area contributed by atoms with E-state index in [0.29, 0.717) is 18.9 Å². The van der Waals surface area contributed by atoms with Crippen molar-refractivity contribution in [1.29, 1.82) is 5.41 Å². The van der Waals surface area contributed by atoms with Gasteiger partial charge in [-0.1, -0.05) is 30.9 Å². The Hall–Kier alpha value is -4.19. The number of ether oxygens (including phenoxy) is 2. The van der Waals surface area contributed by atoms with Crippen LogP contribution in [0.3, 0.4) is 0 Å². The Balaban J connectivity index is 1.58. The van der Waals surface area contributed by atoms with E-state index in [9.17, 15) is 4.79 Å². The molecular weight excluding hydrogens is 426 g/mol. The first kappa shape index (κ1) is 20.4. The van der Waals surface area contributed by atoms with E-state index >= 15 is 0 Å². The lowest BCUT2D eigenvalue weighted by atomic mass is 9.73. The first-order chi connectivity index (χ1) is 16.6. The van der Waals surface area contributed by atoms with E-state index in [1.165, 1.54) is 6.21 Å². The molecule has 1 atom stereocenters. The highest BCUT2D eigenvalue weighted by Crippen LogP contribution is 2.56. The summed E-state index contributed by atoms with van der Waals surface area (Å²) in [4.78, 5) is 20.6.